The summed E-state index contributed by atoms with van der Waals surface area (Å²) >= 11 is 0. The molecule has 4 nitrogen and oxygen atoms in total. The van der Waals surface area contributed by atoms with E-state index >= 15 is 0 Å². The molecule has 0 atom stereocenters. The van der Waals surface area contributed by atoms with E-state index in [1.54, 1.807) is 0 Å². The molecule has 0 spiro atoms. The highest BCUT2D eigenvalue weighted by atomic mass is 19.3. The minimum Gasteiger partial charge on any atom is -0.397 e. The van der Waals surface area contributed by atoms with Gasteiger partial charge in [-0.1, -0.05) is 0 Å². The monoisotopic (exact) mass is 281 g/mol. The van der Waals surface area contributed by atoms with Crippen LogP contribution < -0.4 is 11.1 Å². The third-order valence-corrected chi connectivity index (χ3v) is 2.51. The summed E-state index contributed by atoms with van der Waals surface area (Å²) in [5, 5.41) is 2.44. The van der Waals surface area contributed by atoms with Crippen LogP contribution in [0.5, 0.6) is 0 Å². The number of halogens is 3. The molecule has 0 unspecified atom stereocenters. The molecule has 1 aromatic heterocycles. The normalized spacial score (nSPS) is 10.6. The molecule has 0 aliphatic rings. The van der Waals surface area contributed by atoms with Gasteiger partial charge in [0, 0.05) is 17.4 Å². The lowest BCUT2D eigenvalue weighted by Gasteiger charge is -2.08. The first-order valence-corrected chi connectivity index (χ1v) is 5.58. The Kier molecular flexibility index (Phi) is 3.88. The first-order valence-electron chi connectivity index (χ1n) is 5.58. The second-order valence-corrected chi connectivity index (χ2v) is 3.97. The van der Waals surface area contributed by atoms with Crippen LogP contribution >= 0.6 is 0 Å². The number of alkyl halides is 2. The number of nitrogen functional groups attached to an aromatic ring is 1. The van der Waals surface area contributed by atoms with E-state index < -0.39 is 18.1 Å². The number of nitrogens with two attached hydrogens (primary N) is 1. The highest BCUT2D eigenvalue weighted by Crippen LogP contribution is 2.22. The van der Waals surface area contributed by atoms with Gasteiger partial charge in [0.1, 0.15) is 5.82 Å². The Labute approximate surface area is 112 Å². The van der Waals surface area contributed by atoms with Crippen molar-refractivity contribution in [2.45, 2.75) is 6.43 Å². The summed E-state index contributed by atoms with van der Waals surface area (Å²) in [5.41, 5.74) is 5.19. The quantitative estimate of drug-likeness (QED) is 0.908. The van der Waals surface area contributed by atoms with Gasteiger partial charge in [-0.2, -0.15) is 0 Å². The molecule has 0 fully saturated rings. The highest BCUT2D eigenvalue weighted by molar-refractivity contribution is 6.06. The summed E-state index contributed by atoms with van der Waals surface area (Å²) in [6, 6.07) is 6.06. The zero-order valence-electron chi connectivity index (χ0n) is 10.1. The Bertz CT molecular complexity index is 629. The van der Waals surface area contributed by atoms with E-state index in [0.29, 0.717) is 5.69 Å². The summed E-state index contributed by atoms with van der Waals surface area (Å²) in [4.78, 5) is 15.5. The van der Waals surface area contributed by atoms with Crippen molar-refractivity contribution in [3.8, 4) is 0 Å². The Balaban J connectivity index is 2.19. The highest BCUT2D eigenvalue weighted by Gasteiger charge is 2.15. The van der Waals surface area contributed by atoms with Crippen molar-refractivity contribution in [1.82, 2.24) is 4.98 Å². The first kappa shape index (κ1) is 13.9. The Morgan fingerprint density at radius 1 is 1.25 bits per heavy atom. The maximum absolute atomic E-state index is 12.7. The number of nitrogens with zero attached hydrogens (tertiary/aromatic N) is 1. The molecule has 3 N–H and O–H groups in total. The largest absolute Gasteiger partial charge is 0.397 e. The molecule has 1 amide bonds. The van der Waals surface area contributed by atoms with Crippen LogP contribution in [0.4, 0.5) is 24.5 Å². The minimum atomic E-state index is -2.71. The van der Waals surface area contributed by atoms with Gasteiger partial charge in [0.05, 0.1) is 5.69 Å². The average molecular weight is 281 g/mol. The second kappa shape index (κ2) is 5.60. The molecule has 1 aromatic carbocycles. The van der Waals surface area contributed by atoms with Crippen molar-refractivity contribution in [3.05, 3.63) is 53.6 Å². The van der Waals surface area contributed by atoms with Crippen LogP contribution in [0, 0.1) is 5.82 Å². The number of hydrogen-bond acceptors (Lipinski definition) is 3. The molecule has 0 saturated carbocycles. The predicted molar refractivity (Wildman–Crippen MR) is 68.0 cm³/mol. The molecular weight excluding hydrogens is 271 g/mol. The van der Waals surface area contributed by atoms with Crippen LogP contribution in [0.3, 0.4) is 0 Å². The van der Waals surface area contributed by atoms with Crippen molar-refractivity contribution < 1.29 is 18.0 Å². The molecule has 20 heavy (non-hydrogen) atoms. The van der Waals surface area contributed by atoms with E-state index in [9.17, 15) is 18.0 Å². The summed E-state index contributed by atoms with van der Waals surface area (Å²) in [6.07, 6.45) is -1.82. The lowest BCUT2D eigenvalue weighted by atomic mass is 10.2. The zero-order chi connectivity index (χ0) is 14.7. The van der Waals surface area contributed by atoms with Crippen LogP contribution in [0.25, 0.3) is 0 Å². The number of pyridine rings is 1. The van der Waals surface area contributed by atoms with Gasteiger partial charge in [-0.15, -0.1) is 0 Å². The van der Waals surface area contributed by atoms with Crippen molar-refractivity contribution in [1.29, 1.82) is 0 Å². The molecule has 7 heteroatoms. The molecule has 0 aliphatic heterocycles. The van der Waals surface area contributed by atoms with Crippen LogP contribution in [0.1, 0.15) is 22.5 Å². The van der Waals surface area contributed by atoms with Crippen molar-refractivity contribution in [2.75, 3.05) is 11.1 Å². The predicted octanol–water partition coefficient (Wildman–Crippen LogP) is 2.99. The average Bonchev–Trinajstić information content (AvgIpc) is 2.41. The first-order chi connectivity index (χ1) is 9.47. The van der Waals surface area contributed by atoms with Crippen molar-refractivity contribution in [2.24, 2.45) is 0 Å². The minimum absolute atomic E-state index is 0.151. The molecular formula is C13H10F3N3O. The van der Waals surface area contributed by atoms with Crippen molar-refractivity contribution in [3.63, 3.8) is 0 Å². The van der Waals surface area contributed by atoms with E-state index in [1.807, 2.05) is 0 Å². The van der Waals surface area contributed by atoms with Gasteiger partial charge < -0.3 is 11.1 Å². The van der Waals surface area contributed by atoms with Crippen LogP contribution in [0.2, 0.25) is 0 Å². The van der Waals surface area contributed by atoms with Gasteiger partial charge in [0.25, 0.3) is 12.3 Å². The Morgan fingerprint density at radius 2 is 1.90 bits per heavy atom. The number of anilines is 2. The number of benzene rings is 1. The lowest BCUT2D eigenvalue weighted by Crippen LogP contribution is -2.16. The summed E-state index contributed by atoms with van der Waals surface area (Å²) in [6.45, 7) is 0. The third-order valence-electron chi connectivity index (χ3n) is 2.51. The van der Waals surface area contributed by atoms with E-state index in [2.05, 4.69) is 10.3 Å². The second-order valence-electron chi connectivity index (χ2n) is 3.97. The molecule has 0 saturated heterocycles. The number of aromatic nitrogens is 1. The number of hydrogen-bond donors (Lipinski definition) is 2. The molecule has 0 radical (unpaired) electrons. The van der Waals surface area contributed by atoms with E-state index in [0.717, 1.165) is 12.3 Å². The zero-order valence-corrected chi connectivity index (χ0v) is 10.1. The van der Waals surface area contributed by atoms with Gasteiger partial charge in [-0.05, 0) is 30.3 Å². The molecule has 2 rings (SSSR count). The fourth-order valence-electron chi connectivity index (χ4n) is 1.53. The molecule has 1 heterocycles. The van der Waals surface area contributed by atoms with E-state index in [4.69, 9.17) is 5.73 Å². The topological polar surface area (TPSA) is 68.0 Å². The van der Waals surface area contributed by atoms with Gasteiger partial charge >= 0.3 is 0 Å². The standard InChI is InChI=1S/C13H10F3N3O/c14-8-1-3-9(4-2-8)19-13(20)11-10(17)5-7(6-18-11)12(15)16/h1-6,12H,17H2,(H,19,20). The molecule has 104 valence electrons. The van der Waals surface area contributed by atoms with E-state index in [-0.39, 0.29) is 16.9 Å². The SMILES string of the molecule is Nc1cc(C(F)F)cnc1C(=O)Nc1ccc(F)cc1. The van der Waals surface area contributed by atoms with Gasteiger partial charge in [-0.3, -0.25) is 4.79 Å². The number of carbonyl (C=O) groups excluding carboxylic acids is 1. The van der Waals surface area contributed by atoms with E-state index in [1.165, 1.54) is 24.3 Å². The fourth-order valence-corrected chi connectivity index (χ4v) is 1.53. The third kappa shape index (κ3) is 3.05. The smallest absolute Gasteiger partial charge is 0.276 e. The molecule has 0 bridgehead atoms. The van der Waals surface area contributed by atoms with Gasteiger partial charge in [-0.25, -0.2) is 18.2 Å². The van der Waals surface area contributed by atoms with Gasteiger partial charge in [0.2, 0.25) is 0 Å². The van der Waals surface area contributed by atoms with Crippen LogP contribution in [-0.4, -0.2) is 10.9 Å². The van der Waals surface area contributed by atoms with Gasteiger partial charge in [0.15, 0.2) is 5.69 Å². The summed E-state index contributed by atoms with van der Waals surface area (Å²) in [7, 11) is 0. The molecule has 0 aliphatic carbocycles. The van der Waals surface area contributed by atoms with Crippen molar-refractivity contribution >= 4 is 17.3 Å². The maximum Gasteiger partial charge on any atom is 0.276 e. The summed E-state index contributed by atoms with van der Waals surface area (Å²) in [5.74, 6) is -1.10. The lowest BCUT2D eigenvalue weighted by molar-refractivity contribution is 0.102. The van der Waals surface area contributed by atoms with Crippen LogP contribution in [-0.2, 0) is 0 Å². The summed E-state index contributed by atoms with van der Waals surface area (Å²) < 4.78 is 37.6. The molecule has 2 aromatic rings. The Hall–Kier alpha value is -2.57. The fraction of sp³-hybridized carbons (Fsp3) is 0.0769. The number of rotatable bonds is 3. The number of amides is 1. The maximum atomic E-state index is 12.7. The Morgan fingerprint density at radius 3 is 2.45 bits per heavy atom. The number of carbonyl (C=O) groups is 1. The number of nitrogens with one attached hydrogen (secondary N) is 1. The van der Waals surface area contributed by atoms with Crippen LogP contribution in [0.15, 0.2) is 36.5 Å².